The third-order valence-corrected chi connectivity index (χ3v) is 6.47. The monoisotopic (exact) mass is 492 g/mol. The predicted molar refractivity (Wildman–Crippen MR) is 123 cm³/mol. The second kappa shape index (κ2) is 9.94. The average molecular weight is 493 g/mol. The standard InChI is InChI=1S/C22H22Cl2N4O5/c1-32-22(31)21-13(11-33-9-5-18(29)30)4-7-28(21)17-10-16(27-8-6-25-12-27)14-2-3-15(23)19(24)20(14)26-17/h2-3,6,8,10,12-13,21H,4-5,7,9,11H2,1H3,(H,29,30)/t13-,21-/m0/s1. The van der Waals surface area contributed by atoms with E-state index in [2.05, 4.69) is 4.98 Å². The van der Waals surface area contributed by atoms with Crippen molar-refractivity contribution in [1.82, 2.24) is 14.5 Å². The van der Waals surface area contributed by atoms with Gasteiger partial charge in [-0.05, 0) is 18.6 Å². The van der Waals surface area contributed by atoms with E-state index in [9.17, 15) is 9.59 Å². The van der Waals surface area contributed by atoms with Gasteiger partial charge in [0, 0.05) is 36.3 Å². The Hall–Kier alpha value is -2.88. The lowest BCUT2D eigenvalue weighted by Crippen LogP contribution is -2.42. The number of carboxylic acids is 1. The molecule has 1 saturated heterocycles. The molecular formula is C22H22Cl2N4O5. The normalized spacial score (nSPS) is 18.1. The number of halogens is 2. The Kier molecular flexibility index (Phi) is 7.02. The van der Waals surface area contributed by atoms with Gasteiger partial charge in [0.05, 0.1) is 54.3 Å². The van der Waals surface area contributed by atoms with Crippen LogP contribution in [-0.4, -0.2) is 64.5 Å². The largest absolute Gasteiger partial charge is 0.481 e. The van der Waals surface area contributed by atoms with Gasteiger partial charge in [-0.25, -0.2) is 14.8 Å². The van der Waals surface area contributed by atoms with Crippen LogP contribution in [0.5, 0.6) is 0 Å². The van der Waals surface area contributed by atoms with Gasteiger partial charge in [-0.2, -0.15) is 0 Å². The molecule has 174 valence electrons. The zero-order valence-electron chi connectivity index (χ0n) is 17.8. The number of anilines is 1. The number of pyridine rings is 1. The van der Waals surface area contributed by atoms with E-state index in [1.165, 1.54) is 7.11 Å². The Balaban J connectivity index is 1.73. The number of rotatable bonds is 8. The summed E-state index contributed by atoms with van der Waals surface area (Å²) >= 11 is 12.8. The van der Waals surface area contributed by atoms with Crippen LogP contribution in [0.15, 0.2) is 36.9 Å². The highest BCUT2D eigenvalue weighted by Gasteiger charge is 2.41. The van der Waals surface area contributed by atoms with Crippen molar-refractivity contribution in [3.63, 3.8) is 0 Å². The number of nitrogens with zero attached hydrogens (tertiary/aromatic N) is 4. The summed E-state index contributed by atoms with van der Waals surface area (Å²) in [7, 11) is 1.34. The van der Waals surface area contributed by atoms with Crippen molar-refractivity contribution in [3.8, 4) is 5.69 Å². The van der Waals surface area contributed by atoms with Crippen LogP contribution in [0.25, 0.3) is 16.6 Å². The molecule has 1 N–H and O–H groups in total. The highest BCUT2D eigenvalue weighted by atomic mass is 35.5. The minimum Gasteiger partial charge on any atom is -0.481 e. The number of hydrogen-bond donors (Lipinski definition) is 1. The van der Waals surface area contributed by atoms with Crippen LogP contribution >= 0.6 is 23.2 Å². The first-order valence-electron chi connectivity index (χ1n) is 10.3. The summed E-state index contributed by atoms with van der Waals surface area (Å²) in [5.74, 6) is -0.993. The number of carbonyl (C=O) groups is 2. The van der Waals surface area contributed by atoms with Crippen molar-refractivity contribution >= 4 is 51.9 Å². The van der Waals surface area contributed by atoms with E-state index in [1.807, 2.05) is 27.8 Å². The first-order chi connectivity index (χ1) is 15.9. The molecule has 1 aromatic carbocycles. The van der Waals surface area contributed by atoms with Crippen molar-refractivity contribution in [3.05, 3.63) is 47.0 Å². The van der Waals surface area contributed by atoms with Crippen LogP contribution in [-0.2, 0) is 19.1 Å². The molecular weight excluding hydrogens is 471 g/mol. The number of carbonyl (C=O) groups excluding carboxylic acids is 1. The molecule has 33 heavy (non-hydrogen) atoms. The molecule has 9 nitrogen and oxygen atoms in total. The van der Waals surface area contributed by atoms with Gasteiger partial charge in [0.15, 0.2) is 0 Å². The molecule has 3 aromatic rings. The topological polar surface area (TPSA) is 107 Å². The molecule has 0 amide bonds. The molecule has 1 fully saturated rings. The fourth-order valence-electron chi connectivity index (χ4n) is 4.09. The number of fused-ring (bicyclic) bond motifs is 1. The van der Waals surface area contributed by atoms with Crippen LogP contribution in [0.3, 0.4) is 0 Å². The van der Waals surface area contributed by atoms with Crippen molar-refractivity contribution in [2.45, 2.75) is 18.9 Å². The molecule has 4 rings (SSSR count). The number of aliphatic carboxylic acids is 1. The Labute approximate surface area is 199 Å². The van der Waals surface area contributed by atoms with Gasteiger partial charge in [-0.15, -0.1) is 0 Å². The number of benzene rings is 1. The van der Waals surface area contributed by atoms with Gasteiger partial charge in [0.2, 0.25) is 0 Å². The molecule has 2 atom stereocenters. The quantitative estimate of drug-likeness (QED) is 0.375. The van der Waals surface area contributed by atoms with E-state index < -0.39 is 18.0 Å². The van der Waals surface area contributed by atoms with Gasteiger partial charge in [-0.3, -0.25) is 4.79 Å². The van der Waals surface area contributed by atoms with Crippen molar-refractivity contribution in [1.29, 1.82) is 0 Å². The molecule has 0 aliphatic carbocycles. The number of imidazole rings is 1. The minimum absolute atomic E-state index is 0.0762. The smallest absolute Gasteiger partial charge is 0.328 e. The number of methoxy groups -OCH3 is 1. The summed E-state index contributed by atoms with van der Waals surface area (Å²) in [4.78, 5) is 34.2. The fourth-order valence-corrected chi connectivity index (χ4v) is 4.45. The van der Waals surface area contributed by atoms with Crippen molar-refractivity contribution in [2.24, 2.45) is 5.92 Å². The highest BCUT2D eigenvalue weighted by molar-refractivity contribution is 6.45. The summed E-state index contributed by atoms with van der Waals surface area (Å²) in [5.41, 5.74) is 1.30. The summed E-state index contributed by atoms with van der Waals surface area (Å²) in [6.45, 7) is 0.845. The second-order valence-corrected chi connectivity index (χ2v) is 8.44. The Bertz CT molecular complexity index is 1170. The first kappa shape index (κ1) is 23.3. The zero-order valence-corrected chi connectivity index (χ0v) is 19.3. The first-order valence-corrected chi connectivity index (χ1v) is 11.1. The molecule has 0 radical (unpaired) electrons. The van der Waals surface area contributed by atoms with Crippen LogP contribution in [0.1, 0.15) is 12.8 Å². The van der Waals surface area contributed by atoms with Crippen molar-refractivity contribution < 1.29 is 24.2 Å². The number of hydrogen-bond acceptors (Lipinski definition) is 7. The number of esters is 1. The summed E-state index contributed by atoms with van der Waals surface area (Å²) in [6, 6.07) is 4.79. The molecule has 0 bridgehead atoms. The summed E-state index contributed by atoms with van der Waals surface area (Å²) < 4.78 is 12.5. The maximum absolute atomic E-state index is 12.7. The average Bonchev–Trinajstić information content (AvgIpc) is 3.48. The summed E-state index contributed by atoms with van der Waals surface area (Å²) in [5, 5.41) is 10.3. The van der Waals surface area contributed by atoms with Crippen molar-refractivity contribution in [2.75, 3.05) is 31.8 Å². The molecule has 11 heteroatoms. The van der Waals surface area contributed by atoms with E-state index in [4.69, 9.17) is 42.8 Å². The lowest BCUT2D eigenvalue weighted by Gasteiger charge is -2.27. The summed E-state index contributed by atoms with van der Waals surface area (Å²) in [6.07, 6.45) is 5.69. The molecule has 2 aromatic heterocycles. The third-order valence-electron chi connectivity index (χ3n) is 5.67. The van der Waals surface area contributed by atoms with E-state index in [0.29, 0.717) is 34.3 Å². The third kappa shape index (κ3) is 4.75. The Morgan fingerprint density at radius 3 is 2.82 bits per heavy atom. The van der Waals surface area contributed by atoms with Crippen LogP contribution in [0, 0.1) is 5.92 Å². The lowest BCUT2D eigenvalue weighted by atomic mass is 10.0. The molecule has 0 spiro atoms. The van der Waals surface area contributed by atoms with Crippen LogP contribution < -0.4 is 4.90 Å². The van der Waals surface area contributed by atoms with E-state index >= 15 is 0 Å². The Morgan fingerprint density at radius 1 is 1.30 bits per heavy atom. The predicted octanol–water partition coefficient (Wildman–Crippen LogP) is 3.59. The molecule has 1 aliphatic heterocycles. The van der Waals surface area contributed by atoms with Gasteiger partial charge in [0.25, 0.3) is 0 Å². The van der Waals surface area contributed by atoms with E-state index in [-0.39, 0.29) is 25.6 Å². The number of carboxylic acid groups (broad SMARTS) is 1. The number of aromatic nitrogens is 3. The maximum Gasteiger partial charge on any atom is 0.328 e. The zero-order chi connectivity index (χ0) is 23.5. The Morgan fingerprint density at radius 2 is 2.12 bits per heavy atom. The van der Waals surface area contributed by atoms with Gasteiger partial charge in [-0.1, -0.05) is 23.2 Å². The molecule has 0 saturated carbocycles. The van der Waals surface area contributed by atoms with Gasteiger partial charge < -0.3 is 24.0 Å². The van der Waals surface area contributed by atoms with Crippen LogP contribution in [0.4, 0.5) is 5.82 Å². The molecule has 3 heterocycles. The highest BCUT2D eigenvalue weighted by Crippen LogP contribution is 2.37. The second-order valence-electron chi connectivity index (χ2n) is 7.66. The lowest BCUT2D eigenvalue weighted by molar-refractivity contribution is -0.144. The fraction of sp³-hybridized carbons (Fsp3) is 0.364. The van der Waals surface area contributed by atoms with E-state index in [0.717, 1.165) is 11.1 Å². The number of ether oxygens (including phenoxy) is 2. The SMILES string of the molecule is COC(=O)[C@@H]1[C@H](COCCC(=O)O)CCN1c1cc(-n2ccnc2)c2ccc(Cl)c(Cl)c2n1. The molecule has 1 aliphatic rings. The van der Waals surface area contributed by atoms with E-state index in [1.54, 1.807) is 18.6 Å². The van der Waals surface area contributed by atoms with Gasteiger partial charge >= 0.3 is 11.9 Å². The molecule has 0 unspecified atom stereocenters. The van der Waals surface area contributed by atoms with Crippen LogP contribution in [0.2, 0.25) is 10.0 Å². The maximum atomic E-state index is 12.7. The minimum atomic E-state index is -0.935. The van der Waals surface area contributed by atoms with Gasteiger partial charge in [0.1, 0.15) is 11.9 Å².